The summed E-state index contributed by atoms with van der Waals surface area (Å²) < 4.78 is 10.5. The Balaban J connectivity index is 1.83. The summed E-state index contributed by atoms with van der Waals surface area (Å²) in [7, 11) is 0. The number of ether oxygens (including phenoxy) is 2. The van der Waals surface area contributed by atoms with Crippen molar-refractivity contribution < 1.29 is 19.4 Å². The van der Waals surface area contributed by atoms with Gasteiger partial charge in [-0.05, 0) is 19.8 Å². The maximum Gasteiger partial charge on any atom is 0.311 e. The van der Waals surface area contributed by atoms with Crippen molar-refractivity contribution in [2.45, 2.75) is 39.1 Å². The van der Waals surface area contributed by atoms with Crippen LogP contribution in [0.4, 0.5) is 0 Å². The second-order valence-corrected chi connectivity index (χ2v) is 4.83. The van der Waals surface area contributed by atoms with Crippen LogP contribution in [0.5, 0.6) is 0 Å². The van der Waals surface area contributed by atoms with Crippen LogP contribution in [0.1, 0.15) is 26.7 Å². The minimum absolute atomic E-state index is 0.0640. The van der Waals surface area contributed by atoms with Crippen LogP contribution >= 0.6 is 0 Å². The number of aliphatic hydroxyl groups is 1. The molecule has 0 radical (unpaired) electrons. The predicted octanol–water partition coefficient (Wildman–Crippen LogP) is 1.49. The molecule has 2 rings (SSSR count). The molecule has 0 spiro atoms. The van der Waals surface area contributed by atoms with Gasteiger partial charge in [-0.25, -0.2) is 0 Å². The van der Waals surface area contributed by atoms with E-state index >= 15 is 0 Å². The molecule has 2 aliphatic carbocycles. The van der Waals surface area contributed by atoms with Crippen molar-refractivity contribution in [2.24, 2.45) is 17.8 Å². The van der Waals surface area contributed by atoms with Crippen LogP contribution in [0, 0.1) is 17.8 Å². The zero-order chi connectivity index (χ0) is 12.4. The van der Waals surface area contributed by atoms with Gasteiger partial charge >= 0.3 is 5.97 Å². The van der Waals surface area contributed by atoms with Crippen molar-refractivity contribution in [3.63, 3.8) is 0 Å². The number of carbonyl (C=O) groups is 1. The Bertz CT molecular complexity index is 313. The largest absolute Gasteiger partial charge is 0.436 e. The summed E-state index contributed by atoms with van der Waals surface area (Å²) in [6.07, 6.45) is 4.62. The number of hydrogen-bond acceptors (Lipinski definition) is 4. The number of aliphatic hydroxyl groups excluding tert-OH is 1. The van der Waals surface area contributed by atoms with Crippen molar-refractivity contribution in [3.8, 4) is 0 Å². The van der Waals surface area contributed by atoms with Crippen LogP contribution in [0.15, 0.2) is 12.2 Å². The van der Waals surface area contributed by atoms with Crippen LogP contribution in [-0.4, -0.2) is 30.1 Å². The summed E-state index contributed by atoms with van der Waals surface area (Å²) in [6, 6.07) is 0. The van der Waals surface area contributed by atoms with Crippen LogP contribution < -0.4 is 0 Å². The fraction of sp³-hybridized carbons (Fsp3) is 0.769. The van der Waals surface area contributed by atoms with Gasteiger partial charge < -0.3 is 14.6 Å². The third kappa shape index (κ3) is 2.53. The van der Waals surface area contributed by atoms with Gasteiger partial charge in [0.1, 0.15) is 0 Å². The molecule has 0 aromatic heterocycles. The zero-order valence-corrected chi connectivity index (χ0v) is 10.3. The topological polar surface area (TPSA) is 55.8 Å². The van der Waals surface area contributed by atoms with E-state index in [0.717, 1.165) is 6.42 Å². The molecule has 4 heteroatoms. The molecule has 1 N–H and O–H groups in total. The Hall–Kier alpha value is -0.870. The van der Waals surface area contributed by atoms with Gasteiger partial charge in [0.2, 0.25) is 0 Å². The first-order valence-corrected chi connectivity index (χ1v) is 6.32. The highest BCUT2D eigenvalue weighted by Gasteiger charge is 2.47. The van der Waals surface area contributed by atoms with Gasteiger partial charge in [0, 0.05) is 11.8 Å². The lowest BCUT2D eigenvalue weighted by molar-refractivity contribution is -0.180. The van der Waals surface area contributed by atoms with Crippen molar-refractivity contribution in [2.75, 3.05) is 6.61 Å². The molecule has 0 heterocycles. The van der Waals surface area contributed by atoms with Gasteiger partial charge in [-0.15, -0.1) is 0 Å². The lowest BCUT2D eigenvalue weighted by atomic mass is 9.94. The third-order valence-electron chi connectivity index (χ3n) is 3.55. The average Bonchev–Trinajstić information content (AvgIpc) is 2.82. The van der Waals surface area contributed by atoms with E-state index in [1.807, 2.05) is 19.1 Å². The smallest absolute Gasteiger partial charge is 0.311 e. The summed E-state index contributed by atoms with van der Waals surface area (Å²) in [5, 5.41) is 9.82. The molecule has 0 aromatic rings. The standard InChI is InChI=1S/C13H20O4/c1-3-6-16-8(2)17-13(15)11-7-9-4-5-10(11)12(9)14/h4-5,8-12,14H,3,6-7H2,1-2H3. The van der Waals surface area contributed by atoms with Crippen LogP contribution in [0.3, 0.4) is 0 Å². The van der Waals surface area contributed by atoms with E-state index in [1.54, 1.807) is 6.92 Å². The second-order valence-electron chi connectivity index (χ2n) is 4.83. The molecule has 5 atom stereocenters. The predicted molar refractivity (Wildman–Crippen MR) is 62.0 cm³/mol. The average molecular weight is 240 g/mol. The van der Waals surface area contributed by atoms with Crippen LogP contribution in [0.2, 0.25) is 0 Å². The van der Waals surface area contributed by atoms with Crippen molar-refractivity contribution >= 4 is 5.97 Å². The Kier molecular flexibility index (Phi) is 3.84. The molecule has 2 aliphatic rings. The Morgan fingerprint density at radius 3 is 2.82 bits per heavy atom. The Morgan fingerprint density at radius 2 is 2.29 bits per heavy atom. The molecule has 5 unspecified atom stereocenters. The van der Waals surface area contributed by atoms with Crippen molar-refractivity contribution in [1.82, 2.24) is 0 Å². The molecule has 1 saturated carbocycles. The van der Waals surface area contributed by atoms with E-state index in [9.17, 15) is 9.90 Å². The van der Waals surface area contributed by atoms with Crippen molar-refractivity contribution in [3.05, 3.63) is 12.2 Å². The molecule has 17 heavy (non-hydrogen) atoms. The summed E-state index contributed by atoms with van der Waals surface area (Å²) in [6.45, 7) is 4.33. The number of fused-ring (bicyclic) bond motifs is 2. The van der Waals surface area contributed by atoms with Gasteiger partial charge in [0.25, 0.3) is 0 Å². The molecular formula is C13H20O4. The second kappa shape index (κ2) is 5.19. The molecule has 0 amide bonds. The van der Waals surface area contributed by atoms with Crippen LogP contribution in [-0.2, 0) is 14.3 Å². The molecule has 2 bridgehead atoms. The normalized spacial score (nSPS) is 36.2. The molecule has 0 aliphatic heterocycles. The summed E-state index contributed by atoms with van der Waals surface area (Å²) in [5.41, 5.74) is 0. The van der Waals surface area contributed by atoms with Crippen molar-refractivity contribution in [1.29, 1.82) is 0 Å². The quantitative estimate of drug-likeness (QED) is 0.449. The number of carbonyl (C=O) groups excluding carboxylic acids is 1. The minimum atomic E-state index is -0.498. The first-order chi connectivity index (χ1) is 8.13. The third-order valence-corrected chi connectivity index (χ3v) is 3.55. The maximum absolute atomic E-state index is 11.9. The zero-order valence-electron chi connectivity index (χ0n) is 10.3. The van der Waals surface area contributed by atoms with Gasteiger partial charge in [0.05, 0.1) is 18.6 Å². The van der Waals surface area contributed by atoms with Gasteiger partial charge in [0.15, 0.2) is 6.29 Å². The van der Waals surface area contributed by atoms with Gasteiger partial charge in [-0.2, -0.15) is 0 Å². The first-order valence-electron chi connectivity index (χ1n) is 6.32. The monoisotopic (exact) mass is 240 g/mol. The molecule has 4 nitrogen and oxygen atoms in total. The molecule has 0 aromatic carbocycles. The SMILES string of the molecule is CCCOC(C)OC(=O)C1CC2C=CC1C2O. The van der Waals surface area contributed by atoms with Gasteiger partial charge in [-0.3, -0.25) is 4.79 Å². The highest BCUT2D eigenvalue weighted by molar-refractivity contribution is 5.74. The van der Waals surface area contributed by atoms with E-state index in [1.165, 1.54) is 0 Å². The number of esters is 1. The van der Waals surface area contributed by atoms with E-state index in [-0.39, 0.29) is 23.7 Å². The summed E-state index contributed by atoms with van der Waals surface area (Å²) >= 11 is 0. The fourth-order valence-corrected chi connectivity index (χ4v) is 2.65. The van der Waals surface area contributed by atoms with Gasteiger partial charge in [-0.1, -0.05) is 19.1 Å². The van der Waals surface area contributed by atoms with E-state index < -0.39 is 12.4 Å². The first kappa shape index (κ1) is 12.6. The Labute approximate surface area is 102 Å². The van der Waals surface area contributed by atoms with Crippen LogP contribution in [0.25, 0.3) is 0 Å². The van der Waals surface area contributed by atoms with E-state index in [4.69, 9.17) is 9.47 Å². The summed E-state index contributed by atoms with van der Waals surface area (Å²) in [4.78, 5) is 11.9. The highest BCUT2D eigenvalue weighted by atomic mass is 16.7. The maximum atomic E-state index is 11.9. The Morgan fingerprint density at radius 1 is 1.53 bits per heavy atom. The lowest BCUT2D eigenvalue weighted by Crippen LogP contribution is -2.28. The minimum Gasteiger partial charge on any atom is -0.436 e. The van der Waals surface area contributed by atoms with E-state index in [2.05, 4.69) is 0 Å². The van der Waals surface area contributed by atoms with E-state index in [0.29, 0.717) is 13.0 Å². The molecule has 1 fully saturated rings. The molecular weight excluding hydrogens is 220 g/mol. The summed E-state index contributed by atoms with van der Waals surface area (Å²) in [5.74, 6) is -0.382. The number of rotatable bonds is 5. The molecule has 0 saturated heterocycles. The number of hydrogen-bond donors (Lipinski definition) is 1. The highest BCUT2D eigenvalue weighted by Crippen LogP contribution is 2.44. The fourth-order valence-electron chi connectivity index (χ4n) is 2.65. The lowest BCUT2D eigenvalue weighted by Gasteiger charge is -2.20. The molecule has 96 valence electrons.